The third kappa shape index (κ3) is 6.48. The van der Waals surface area contributed by atoms with Crippen LogP contribution in [0.15, 0.2) is 16.8 Å². The molecule has 0 fully saturated rings. The summed E-state index contributed by atoms with van der Waals surface area (Å²) in [6.07, 6.45) is 1.47. The Morgan fingerprint density at radius 1 is 1.50 bits per heavy atom. The van der Waals surface area contributed by atoms with E-state index in [2.05, 4.69) is 10.3 Å². The summed E-state index contributed by atoms with van der Waals surface area (Å²) < 4.78 is 10.2. The van der Waals surface area contributed by atoms with Crippen molar-refractivity contribution >= 4 is 11.7 Å². The van der Waals surface area contributed by atoms with Gasteiger partial charge in [-0.15, -0.1) is 0 Å². The molecule has 18 heavy (non-hydrogen) atoms. The summed E-state index contributed by atoms with van der Waals surface area (Å²) in [4.78, 5) is 14.8. The number of aliphatic carboxylic acids is 1. The molecule has 0 spiro atoms. The average molecular weight is 258 g/mol. The highest BCUT2D eigenvalue weighted by molar-refractivity contribution is 6.34. The maximum atomic E-state index is 10.7. The number of nitrogens with zero attached hydrogens (tertiary/aromatic N) is 1. The first-order valence-corrected chi connectivity index (χ1v) is 5.74. The lowest BCUT2D eigenvalue weighted by Crippen LogP contribution is -2.32. The molecule has 0 saturated carbocycles. The highest BCUT2D eigenvalue weighted by Gasteiger charge is 2.13. The third-order valence-corrected chi connectivity index (χ3v) is 2.33. The fraction of sp³-hybridized carbons (Fsp3) is 0.667. The third-order valence-electron chi connectivity index (χ3n) is 2.33. The van der Waals surface area contributed by atoms with E-state index in [1.807, 2.05) is 0 Å². The number of nitrogens with one attached hydrogen (secondary N) is 1. The van der Waals surface area contributed by atoms with E-state index in [1.165, 1.54) is 6.92 Å². The van der Waals surface area contributed by atoms with Gasteiger partial charge >= 0.3 is 5.97 Å². The highest BCUT2D eigenvalue weighted by Crippen LogP contribution is 2.08. The molecule has 0 aromatic heterocycles. The molecule has 0 aliphatic carbocycles. The average Bonchev–Trinajstić information content (AvgIpc) is 2.36. The van der Waals surface area contributed by atoms with Gasteiger partial charge in [0.15, 0.2) is 0 Å². The van der Waals surface area contributed by atoms with Crippen LogP contribution in [0.25, 0.3) is 0 Å². The summed E-state index contributed by atoms with van der Waals surface area (Å²) in [5.41, 5.74) is 0.643. The normalized spacial score (nSPS) is 14.7. The Balaban J connectivity index is 4.50. The first kappa shape index (κ1) is 16.8. The second-order valence-electron chi connectivity index (χ2n) is 3.64. The molecule has 2 N–H and O–H groups in total. The molecule has 0 heterocycles. The maximum Gasteiger partial charge on any atom is 0.349 e. The van der Waals surface area contributed by atoms with Crippen LogP contribution in [-0.4, -0.2) is 56.8 Å². The summed E-state index contributed by atoms with van der Waals surface area (Å²) in [5, 5.41) is 11.9. The molecular formula is C12H22N2O4. The molecule has 0 amide bonds. The van der Waals surface area contributed by atoms with Crippen LogP contribution in [0.4, 0.5) is 0 Å². The number of hydrogen-bond acceptors (Lipinski definition) is 5. The summed E-state index contributed by atoms with van der Waals surface area (Å²) in [6, 6.07) is 0. The van der Waals surface area contributed by atoms with Crippen molar-refractivity contribution in [3.63, 3.8) is 0 Å². The van der Waals surface area contributed by atoms with Crippen LogP contribution in [0.5, 0.6) is 0 Å². The van der Waals surface area contributed by atoms with Crippen molar-refractivity contribution < 1.29 is 19.4 Å². The zero-order valence-corrected chi connectivity index (χ0v) is 11.4. The minimum absolute atomic E-state index is 0.0436. The molecule has 0 saturated heterocycles. The van der Waals surface area contributed by atoms with Crippen molar-refractivity contribution in [3.8, 4) is 0 Å². The van der Waals surface area contributed by atoms with E-state index in [0.29, 0.717) is 25.4 Å². The largest absolute Gasteiger partial charge is 0.477 e. The molecule has 104 valence electrons. The number of allylic oxidation sites excluding steroid dienone is 1. The first-order chi connectivity index (χ1) is 8.56. The number of aliphatic imine (C=N–C) groups is 1. The van der Waals surface area contributed by atoms with Crippen LogP contribution in [0.1, 0.15) is 13.8 Å². The summed E-state index contributed by atoms with van der Waals surface area (Å²) in [7, 11) is 3.20. The van der Waals surface area contributed by atoms with Gasteiger partial charge in [0.05, 0.1) is 12.3 Å². The molecule has 6 heteroatoms. The second kappa shape index (κ2) is 9.76. The first-order valence-electron chi connectivity index (χ1n) is 5.74. The van der Waals surface area contributed by atoms with E-state index in [0.717, 1.165) is 0 Å². The van der Waals surface area contributed by atoms with Gasteiger partial charge in [-0.25, -0.2) is 9.79 Å². The quantitative estimate of drug-likeness (QED) is 0.470. The van der Waals surface area contributed by atoms with Crippen molar-refractivity contribution in [2.75, 3.05) is 33.9 Å². The molecule has 0 bridgehead atoms. The van der Waals surface area contributed by atoms with Crippen LogP contribution >= 0.6 is 0 Å². The predicted octanol–water partition coefficient (Wildman–Crippen LogP) is 0.687. The summed E-state index contributed by atoms with van der Waals surface area (Å²) >= 11 is 0. The van der Waals surface area contributed by atoms with Gasteiger partial charge in [0, 0.05) is 27.3 Å². The van der Waals surface area contributed by atoms with Crippen LogP contribution in [0.3, 0.4) is 0 Å². The standard InChI is InChI=1S/C12H22N2O4/c1-5-10(14-9(2)12(15)16)11(18-4)8-13-6-7-17-3/h5,11,13H,6-8H2,1-4H3,(H,15,16)/b10-5-,14-9+. The number of methoxy groups -OCH3 is 2. The Bertz CT molecular complexity index is 313. The van der Waals surface area contributed by atoms with Crippen LogP contribution in [-0.2, 0) is 14.3 Å². The number of carbonyl (C=O) groups is 1. The fourth-order valence-corrected chi connectivity index (χ4v) is 1.28. The lowest BCUT2D eigenvalue weighted by atomic mass is 10.2. The highest BCUT2D eigenvalue weighted by atomic mass is 16.5. The minimum Gasteiger partial charge on any atom is -0.477 e. The Kier molecular flexibility index (Phi) is 9.08. The molecule has 0 aromatic rings. The zero-order valence-electron chi connectivity index (χ0n) is 11.4. The van der Waals surface area contributed by atoms with Crippen molar-refractivity contribution in [3.05, 3.63) is 11.8 Å². The Labute approximate surface area is 108 Å². The van der Waals surface area contributed by atoms with Gasteiger partial charge in [-0.3, -0.25) is 0 Å². The molecular weight excluding hydrogens is 236 g/mol. The van der Waals surface area contributed by atoms with Gasteiger partial charge < -0.3 is 19.9 Å². The molecule has 0 aromatic carbocycles. The molecule has 0 aliphatic rings. The Morgan fingerprint density at radius 2 is 2.17 bits per heavy atom. The summed E-state index contributed by atoms with van der Waals surface area (Å²) in [6.45, 7) is 5.12. The van der Waals surface area contributed by atoms with Gasteiger partial charge in [-0.05, 0) is 13.8 Å². The topological polar surface area (TPSA) is 80.2 Å². The van der Waals surface area contributed by atoms with Crippen molar-refractivity contribution in [2.45, 2.75) is 20.0 Å². The Hall–Kier alpha value is -1.24. The van der Waals surface area contributed by atoms with Gasteiger partial charge in [0.25, 0.3) is 0 Å². The van der Waals surface area contributed by atoms with E-state index in [-0.39, 0.29) is 11.8 Å². The maximum absolute atomic E-state index is 10.7. The zero-order chi connectivity index (χ0) is 14.0. The van der Waals surface area contributed by atoms with Crippen LogP contribution < -0.4 is 5.32 Å². The van der Waals surface area contributed by atoms with E-state index >= 15 is 0 Å². The monoisotopic (exact) mass is 258 g/mol. The van der Waals surface area contributed by atoms with Gasteiger partial charge in [0.1, 0.15) is 11.8 Å². The summed E-state index contributed by atoms with van der Waals surface area (Å²) in [5.74, 6) is -1.03. The smallest absolute Gasteiger partial charge is 0.349 e. The van der Waals surface area contributed by atoms with E-state index in [9.17, 15) is 4.79 Å². The number of carboxylic acid groups (broad SMARTS) is 1. The van der Waals surface area contributed by atoms with Gasteiger partial charge in [0.2, 0.25) is 0 Å². The molecule has 1 unspecified atom stereocenters. The van der Waals surface area contributed by atoms with E-state index < -0.39 is 5.97 Å². The van der Waals surface area contributed by atoms with Crippen LogP contribution in [0, 0.1) is 0 Å². The number of ether oxygens (including phenoxy) is 2. The Morgan fingerprint density at radius 3 is 2.61 bits per heavy atom. The lowest BCUT2D eigenvalue weighted by molar-refractivity contribution is -0.129. The SMILES string of the molecule is C/C=C(\N=C(/C)C(=O)O)C(CNCCOC)OC. The number of carboxylic acids is 1. The van der Waals surface area contributed by atoms with E-state index in [4.69, 9.17) is 14.6 Å². The second-order valence-corrected chi connectivity index (χ2v) is 3.64. The molecule has 1 atom stereocenters. The number of hydrogen-bond donors (Lipinski definition) is 2. The van der Waals surface area contributed by atoms with Crippen molar-refractivity contribution in [1.82, 2.24) is 5.32 Å². The van der Waals surface area contributed by atoms with E-state index in [1.54, 1.807) is 27.2 Å². The molecule has 0 radical (unpaired) electrons. The number of rotatable bonds is 9. The van der Waals surface area contributed by atoms with Gasteiger partial charge in [-0.2, -0.15) is 0 Å². The van der Waals surface area contributed by atoms with Gasteiger partial charge in [-0.1, -0.05) is 6.08 Å². The molecule has 0 rings (SSSR count). The van der Waals surface area contributed by atoms with Crippen LogP contribution in [0.2, 0.25) is 0 Å². The lowest BCUT2D eigenvalue weighted by Gasteiger charge is -2.16. The predicted molar refractivity (Wildman–Crippen MR) is 70.0 cm³/mol. The fourth-order valence-electron chi connectivity index (χ4n) is 1.28. The van der Waals surface area contributed by atoms with Crippen molar-refractivity contribution in [1.29, 1.82) is 0 Å². The molecule has 6 nitrogen and oxygen atoms in total. The van der Waals surface area contributed by atoms with Crippen molar-refractivity contribution in [2.24, 2.45) is 4.99 Å². The molecule has 0 aliphatic heterocycles. The minimum atomic E-state index is -1.03.